The van der Waals surface area contributed by atoms with Gasteiger partial charge in [-0.2, -0.15) is 11.8 Å². The number of guanidine groups is 1. The van der Waals surface area contributed by atoms with Crippen LogP contribution in [-0.4, -0.2) is 62.8 Å². The molecule has 134 valence electrons. The highest BCUT2D eigenvalue weighted by Crippen LogP contribution is 2.42. The highest BCUT2D eigenvalue weighted by molar-refractivity contribution is 8.00. The summed E-state index contributed by atoms with van der Waals surface area (Å²) in [5.41, 5.74) is 0. The van der Waals surface area contributed by atoms with E-state index in [1.54, 1.807) is 0 Å². The van der Waals surface area contributed by atoms with E-state index in [1.807, 2.05) is 27.8 Å². The van der Waals surface area contributed by atoms with Crippen molar-refractivity contribution in [3.63, 3.8) is 0 Å². The van der Waals surface area contributed by atoms with Gasteiger partial charge in [-0.05, 0) is 33.6 Å². The highest BCUT2D eigenvalue weighted by Gasteiger charge is 2.38. The molecule has 23 heavy (non-hydrogen) atoms. The molecule has 2 fully saturated rings. The largest absolute Gasteiger partial charge is 0.355 e. The molecular weight excluding hydrogens is 326 g/mol. The monoisotopic (exact) mass is 359 g/mol. The van der Waals surface area contributed by atoms with Crippen LogP contribution in [0.1, 0.15) is 52.9 Å². The molecule has 1 spiro atoms. The fourth-order valence-electron chi connectivity index (χ4n) is 3.42. The van der Waals surface area contributed by atoms with Crippen molar-refractivity contribution < 1.29 is 4.21 Å². The van der Waals surface area contributed by atoms with E-state index in [9.17, 15) is 4.21 Å². The Morgan fingerprint density at radius 2 is 2.00 bits per heavy atom. The molecule has 1 heterocycles. The number of hydrogen-bond acceptors (Lipinski definition) is 3. The predicted octanol–water partition coefficient (Wildman–Crippen LogP) is 2.86. The molecule has 0 aromatic rings. The first-order valence-corrected chi connectivity index (χ1v) is 11.1. The van der Waals surface area contributed by atoms with Crippen molar-refractivity contribution in [1.29, 1.82) is 0 Å². The minimum Gasteiger partial charge on any atom is -0.355 e. The molecule has 4 nitrogen and oxygen atoms in total. The first-order valence-electron chi connectivity index (χ1n) is 8.84. The molecule has 0 aromatic heterocycles. The molecule has 0 radical (unpaired) electrons. The van der Waals surface area contributed by atoms with E-state index in [0.29, 0.717) is 10.5 Å². The minimum absolute atomic E-state index is 0.140. The summed E-state index contributed by atoms with van der Waals surface area (Å²) in [6.07, 6.45) is 6.83. The van der Waals surface area contributed by atoms with Gasteiger partial charge in [0.1, 0.15) is 0 Å². The molecule has 1 saturated heterocycles. The van der Waals surface area contributed by atoms with Gasteiger partial charge in [-0.3, -0.25) is 9.20 Å². The fourth-order valence-corrected chi connectivity index (χ4v) is 5.89. The Bertz CT molecular complexity index is 434. The second kappa shape index (κ2) is 8.24. The van der Waals surface area contributed by atoms with Gasteiger partial charge in [-0.1, -0.05) is 19.3 Å². The van der Waals surface area contributed by atoms with Gasteiger partial charge >= 0.3 is 0 Å². The normalized spacial score (nSPS) is 23.8. The number of thioether (sulfide) groups is 1. The molecule has 1 aliphatic carbocycles. The van der Waals surface area contributed by atoms with E-state index in [2.05, 4.69) is 27.0 Å². The van der Waals surface area contributed by atoms with Crippen molar-refractivity contribution in [2.24, 2.45) is 4.99 Å². The molecule has 1 atom stereocenters. The van der Waals surface area contributed by atoms with Crippen LogP contribution in [0, 0.1) is 0 Å². The zero-order valence-corrected chi connectivity index (χ0v) is 16.8. The third-order valence-corrected chi connectivity index (χ3v) is 8.26. The summed E-state index contributed by atoms with van der Waals surface area (Å²) >= 11 is 2.18. The fraction of sp³-hybridized carbons (Fsp3) is 0.941. The van der Waals surface area contributed by atoms with E-state index in [4.69, 9.17) is 0 Å². The van der Waals surface area contributed by atoms with Gasteiger partial charge in [0.25, 0.3) is 0 Å². The highest BCUT2D eigenvalue weighted by atomic mass is 32.2. The number of nitrogens with one attached hydrogen (secondary N) is 1. The molecule has 0 amide bonds. The Morgan fingerprint density at radius 3 is 2.61 bits per heavy atom. The van der Waals surface area contributed by atoms with Gasteiger partial charge in [0, 0.05) is 58.5 Å². The van der Waals surface area contributed by atoms with Crippen molar-refractivity contribution >= 4 is 28.5 Å². The standard InChI is InChI=1S/C17H33N3OS2/c1-16(2,3)23(21)13-10-19-15(18-4)20-11-12-22-17(14-20)8-6-5-7-9-17/h5-14H2,1-4H3,(H,18,19). The quantitative estimate of drug-likeness (QED) is 0.622. The van der Waals surface area contributed by atoms with Gasteiger partial charge in [-0.15, -0.1) is 0 Å². The van der Waals surface area contributed by atoms with E-state index in [1.165, 1.54) is 37.9 Å². The average Bonchev–Trinajstić information content (AvgIpc) is 2.51. The Labute approximate surface area is 148 Å². The van der Waals surface area contributed by atoms with E-state index in [0.717, 1.165) is 25.6 Å². The number of aliphatic imine (C=N–C) groups is 1. The third kappa shape index (κ3) is 5.38. The summed E-state index contributed by atoms with van der Waals surface area (Å²) in [6, 6.07) is 0. The van der Waals surface area contributed by atoms with Crippen molar-refractivity contribution in [3.05, 3.63) is 0 Å². The van der Waals surface area contributed by atoms with Gasteiger partial charge in [0.05, 0.1) is 0 Å². The smallest absolute Gasteiger partial charge is 0.193 e. The molecular formula is C17H33N3OS2. The van der Waals surface area contributed by atoms with Crippen LogP contribution >= 0.6 is 11.8 Å². The molecule has 1 saturated carbocycles. The number of nitrogens with zero attached hydrogens (tertiary/aromatic N) is 2. The van der Waals surface area contributed by atoms with Crippen LogP contribution in [0.15, 0.2) is 4.99 Å². The summed E-state index contributed by atoms with van der Waals surface area (Å²) in [7, 11) is 1.05. The van der Waals surface area contributed by atoms with Crippen LogP contribution in [0.3, 0.4) is 0 Å². The summed E-state index contributed by atoms with van der Waals surface area (Å²) in [5.74, 6) is 2.85. The van der Waals surface area contributed by atoms with E-state index >= 15 is 0 Å². The van der Waals surface area contributed by atoms with Gasteiger partial charge in [0.15, 0.2) is 5.96 Å². The molecule has 0 aromatic carbocycles. The molecule has 2 rings (SSSR count). The lowest BCUT2D eigenvalue weighted by Gasteiger charge is -2.45. The van der Waals surface area contributed by atoms with Crippen molar-refractivity contribution in [2.75, 3.05) is 38.2 Å². The Balaban J connectivity index is 1.87. The lowest BCUT2D eigenvalue weighted by Crippen LogP contribution is -2.53. The lowest BCUT2D eigenvalue weighted by molar-refractivity contribution is 0.293. The first kappa shape index (κ1) is 19.1. The Morgan fingerprint density at radius 1 is 1.30 bits per heavy atom. The first-order chi connectivity index (χ1) is 10.9. The summed E-state index contributed by atoms with van der Waals surface area (Å²) < 4.78 is 12.5. The molecule has 6 heteroatoms. The van der Waals surface area contributed by atoms with Gasteiger partial charge in [0.2, 0.25) is 0 Å². The SMILES string of the molecule is CN=C(NCCS(=O)C(C)(C)C)N1CCSC2(CCCCC2)C1. The summed E-state index contributed by atoms with van der Waals surface area (Å²) in [6.45, 7) is 9.01. The van der Waals surface area contributed by atoms with Crippen molar-refractivity contribution in [2.45, 2.75) is 62.4 Å². The van der Waals surface area contributed by atoms with Crippen LogP contribution in [0.5, 0.6) is 0 Å². The molecule has 2 aliphatic rings. The van der Waals surface area contributed by atoms with E-state index < -0.39 is 10.8 Å². The Hall–Kier alpha value is -0.230. The summed E-state index contributed by atoms with van der Waals surface area (Å²) in [4.78, 5) is 6.89. The van der Waals surface area contributed by atoms with Crippen molar-refractivity contribution in [1.82, 2.24) is 10.2 Å². The maximum Gasteiger partial charge on any atom is 0.193 e. The number of rotatable bonds is 3. The maximum absolute atomic E-state index is 12.2. The second-order valence-electron chi connectivity index (χ2n) is 7.65. The number of hydrogen-bond donors (Lipinski definition) is 1. The van der Waals surface area contributed by atoms with Crippen molar-refractivity contribution in [3.8, 4) is 0 Å². The molecule has 1 unspecified atom stereocenters. The van der Waals surface area contributed by atoms with Gasteiger partial charge in [-0.25, -0.2) is 0 Å². The van der Waals surface area contributed by atoms with Crippen LogP contribution < -0.4 is 5.32 Å². The zero-order valence-electron chi connectivity index (χ0n) is 15.2. The van der Waals surface area contributed by atoms with Crippen LogP contribution in [0.25, 0.3) is 0 Å². The van der Waals surface area contributed by atoms with Crippen LogP contribution in [-0.2, 0) is 10.8 Å². The third-order valence-electron chi connectivity index (χ3n) is 4.78. The average molecular weight is 360 g/mol. The van der Waals surface area contributed by atoms with E-state index in [-0.39, 0.29) is 4.75 Å². The van der Waals surface area contributed by atoms with Crippen LogP contribution in [0.2, 0.25) is 0 Å². The Kier molecular flexibility index (Phi) is 6.84. The zero-order chi connectivity index (χ0) is 16.9. The maximum atomic E-state index is 12.2. The van der Waals surface area contributed by atoms with Gasteiger partial charge < -0.3 is 10.2 Å². The predicted molar refractivity (Wildman–Crippen MR) is 104 cm³/mol. The second-order valence-corrected chi connectivity index (χ2v) is 11.5. The topological polar surface area (TPSA) is 44.7 Å². The molecule has 0 bridgehead atoms. The van der Waals surface area contributed by atoms with Crippen LogP contribution in [0.4, 0.5) is 0 Å². The molecule has 1 aliphatic heterocycles. The summed E-state index contributed by atoms with van der Waals surface area (Å²) in [5, 5.41) is 3.44. The minimum atomic E-state index is -0.812. The molecule has 1 N–H and O–H groups in total. The lowest BCUT2D eigenvalue weighted by atomic mass is 9.87.